The van der Waals surface area contributed by atoms with E-state index in [1.165, 1.54) is 11.3 Å². The Bertz CT molecular complexity index is 439. The summed E-state index contributed by atoms with van der Waals surface area (Å²) >= 11 is 0. The maximum atomic E-state index is 8.29. The summed E-state index contributed by atoms with van der Waals surface area (Å²) in [5, 5.41) is 7.08. The van der Waals surface area contributed by atoms with E-state index in [0.29, 0.717) is 12.6 Å². The van der Waals surface area contributed by atoms with Crippen LogP contribution in [0.25, 0.3) is 10.4 Å². The minimum absolute atomic E-state index is 0.406. The second-order valence-corrected chi connectivity index (χ2v) is 4.63. The van der Waals surface area contributed by atoms with Crippen molar-refractivity contribution >= 4 is 5.69 Å². The van der Waals surface area contributed by atoms with Crippen LogP contribution in [-0.2, 0) is 0 Å². The third-order valence-corrected chi connectivity index (χ3v) is 3.35. The van der Waals surface area contributed by atoms with Crippen LogP contribution in [0.2, 0.25) is 0 Å². The van der Waals surface area contributed by atoms with E-state index in [-0.39, 0.29) is 0 Å². The molecular weight excluding hydrogens is 226 g/mol. The maximum Gasteiger partial charge on any atom is 0.0396 e. The highest BCUT2D eigenvalue weighted by atomic mass is 15.2. The zero-order valence-corrected chi connectivity index (χ0v) is 10.7. The molecule has 0 aliphatic carbocycles. The summed E-state index contributed by atoms with van der Waals surface area (Å²) in [6.45, 7) is 5.70. The zero-order valence-electron chi connectivity index (χ0n) is 10.7. The fourth-order valence-corrected chi connectivity index (χ4v) is 2.41. The Hall–Kier alpha value is -1.71. The Morgan fingerprint density at radius 1 is 1.50 bits per heavy atom. The summed E-state index contributed by atoms with van der Waals surface area (Å²) in [5.41, 5.74) is 10.9. The number of anilines is 1. The fourth-order valence-electron chi connectivity index (χ4n) is 2.41. The van der Waals surface area contributed by atoms with E-state index >= 15 is 0 Å². The molecule has 1 N–H and O–H groups in total. The van der Waals surface area contributed by atoms with Crippen molar-refractivity contribution in [1.29, 1.82) is 0 Å². The Morgan fingerprint density at radius 3 is 3.11 bits per heavy atom. The molecule has 2 rings (SSSR count). The lowest BCUT2D eigenvalue weighted by atomic mass is 10.1. The van der Waals surface area contributed by atoms with Crippen LogP contribution in [0.15, 0.2) is 29.4 Å². The molecular formula is C13H19N5. The number of rotatable bonds is 4. The number of nitrogens with one attached hydrogen (secondary N) is 1. The van der Waals surface area contributed by atoms with E-state index in [4.69, 9.17) is 5.53 Å². The van der Waals surface area contributed by atoms with E-state index < -0.39 is 0 Å². The molecule has 1 atom stereocenters. The Kier molecular flexibility index (Phi) is 4.45. The molecule has 0 aromatic heterocycles. The number of hydrogen-bond acceptors (Lipinski definition) is 3. The van der Waals surface area contributed by atoms with Crippen molar-refractivity contribution < 1.29 is 0 Å². The first-order valence-electron chi connectivity index (χ1n) is 6.36. The van der Waals surface area contributed by atoms with Crippen molar-refractivity contribution in [3.63, 3.8) is 0 Å². The third kappa shape index (κ3) is 3.15. The van der Waals surface area contributed by atoms with E-state index in [1.54, 1.807) is 0 Å². The number of aryl methyl sites for hydroxylation is 1. The molecule has 0 amide bonds. The van der Waals surface area contributed by atoms with Crippen molar-refractivity contribution in [3.05, 3.63) is 40.3 Å². The molecule has 18 heavy (non-hydrogen) atoms. The van der Waals surface area contributed by atoms with E-state index in [0.717, 1.165) is 26.1 Å². The standard InChI is InChI=1S/C13H19N5/c1-11-4-2-3-5-13(11)18-9-8-15-12(10-18)6-7-16-17-14/h2-5,12,15H,6-10H2,1H3. The molecule has 1 aliphatic heterocycles. The van der Waals surface area contributed by atoms with E-state index in [2.05, 4.69) is 51.4 Å². The molecule has 0 saturated carbocycles. The molecule has 96 valence electrons. The molecule has 0 radical (unpaired) electrons. The van der Waals surface area contributed by atoms with Gasteiger partial charge in [0, 0.05) is 42.8 Å². The average molecular weight is 245 g/mol. The highest BCUT2D eigenvalue weighted by molar-refractivity contribution is 5.53. The van der Waals surface area contributed by atoms with Gasteiger partial charge in [0.2, 0.25) is 0 Å². The van der Waals surface area contributed by atoms with Crippen molar-refractivity contribution in [3.8, 4) is 0 Å². The van der Waals surface area contributed by atoms with Crippen molar-refractivity contribution in [2.45, 2.75) is 19.4 Å². The quantitative estimate of drug-likeness (QED) is 0.503. The number of nitrogens with zero attached hydrogens (tertiary/aromatic N) is 4. The number of hydrogen-bond donors (Lipinski definition) is 1. The highest BCUT2D eigenvalue weighted by Crippen LogP contribution is 2.20. The van der Waals surface area contributed by atoms with Crippen LogP contribution in [-0.4, -0.2) is 32.2 Å². The molecule has 1 unspecified atom stereocenters. The second kappa shape index (κ2) is 6.28. The SMILES string of the molecule is Cc1ccccc1N1CCNC(CCN=[N+]=[N-])C1. The first kappa shape index (κ1) is 12.7. The van der Waals surface area contributed by atoms with Gasteiger partial charge in [0.05, 0.1) is 0 Å². The smallest absolute Gasteiger partial charge is 0.0396 e. The fraction of sp³-hybridized carbons (Fsp3) is 0.538. The summed E-state index contributed by atoms with van der Waals surface area (Å²) < 4.78 is 0. The lowest BCUT2D eigenvalue weighted by Gasteiger charge is -2.36. The Labute approximate surface area is 107 Å². The number of piperazine rings is 1. The van der Waals surface area contributed by atoms with Gasteiger partial charge in [-0.1, -0.05) is 23.3 Å². The Morgan fingerprint density at radius 2 is 2.33 bits per heavy atom. The monoisotopic (exact) mass is 245 g/mol. The van der Waals surface area contributed by atoms with Crippen LogP contribution in [0.4, 0.5) is 5.69 Å². The van der Waals surface area contributed by atoms with E-state index in [9.17, 15) is 0 Å². The first-order valence-corrected chi connectivity index (χ1v) is 6.36. The minimum atomic E-state index is 0.406. The van der Waals surface area contributed by atoms with Crippen molar-refractivity contribution in [1.82, 2.24) is 5.32 Å². The molecule has 0 bridgehead atoms. The lowest BCUT2D eigenvalue weighted by molar-refractivity contribution is 0.438. The maximum absolute atomic E-state index is 8.29. The van der Waals surface area contributed by atoms with Gasteiger partial charge in [-0.15, -0.1) is 0 Å². The second-order valence-electron chi connectivity index (χ2n) is 4.63. The minimum Gasteiger partial charge on any atom is -0.368 e. The molecule has 1 aliphatic rings. The molecule has 1 aromatic carbocycles. The summed E-state index contributed by atoms with van der Waals surface area (Å²) in [6, 6.07) is 8.88. The van der Waals surface area contributed by atoms with Gasteiger partial charge in [-0.25, -0.2) is 0 Å². The van der Waals surface area contributed by atoms with Gasteiger partial charge < -0.3 is 10.2 Å². The number of para-hydroxylation sites is 1. The molecule has 0 spiro atoms. The van der Waals surface area contributed by atoms with Crippen molar-refractivity contribution in [2.24, 2.45) is 5.11 Å². The van der Waals surface area contributed by atoms with Gasteiger partial charge in [-0.2, -0.15) is 0 Å². The molecule has 5 heteroatoms. The Balaban J connectivity index is 1.98. The predicted molar refractivity (Wildman–Crippen MR) is 73.8 cm³/mol. The van der Waals surface area contributed by atoms with Crippen LogP contribution in [0.1, 0.15) is 12.0 Å². The first-order chi connectivity index (χ1) is 8.81. The van der Waals surface area contributed by atoms with Crippen LogP contribution >= 0.6 is 0 Å². The number of azide groups is 1. The van der Waals surface area contributed by atoms with Gasteiger partial charge in [0.25, 0.3) is 0 Å². The molecule has 1 heterocycles. The molecule has 1 aromatic rings. The normalized spacial score (nSPS) is 19.4. The third-order valence-electron chi connectivity index (χ3n) is 3.35. The average Bonchev–Trinajstić information content (AvgIpc) is 2.40. The summed E-state index contributed by atoms with van der Waals surface area (Å²) in [5.74, 6) is 0. The van der Waals surface area contributed by atoms with Crippen LogP contribution in [0.5, 0.6) is 0 Å². The molecule has 1 fully saturated rings. The summed E-state index contributed by atoms with van der Waals surface area (Å²) in [7, 11) is 0. The summed E-state index contributed by atoms with van der Waals surface area (Å²) in [4.78, 5) is 5.20. The zero-order chi connectivity index (χ0) is 12.8. The van der Waals surface area contributed by atoms with Gasteiger partial charge >= 0.3 is 0 Å². The lowest BCUT2D eigenvalue weighted by Crippen LogP contribution is -2.51. The topological polar surface area (TPSA) is 64.0 Å². The van der Waals surface area contributed by atoms with Crippen LogP contribution < -0.4 is 10.2 Å². The largest absolute Gasteiger partial charge is 0.368 e. The van der Waals surface area contributed by atoms with Gasteiger partial charge in [0.15, 0.2) is 0 Å². The van der Waals surface area contributed by atoms with Crippen molar-refractivity contribution in [2.75, 3.05) is 31.1 Å². The van der Waals surface area contributed by atoms with Crippen LogP contribution in [0, 0.1) is 6.92 Å². The van der Waals surface area contributed by atoms with Gasteiger partial charge in [-0.3, -0.25) is 0 Å². The predicted octanol–water partition coefficient (Wildman–Crippen LogP) is 2.47. The molecule has 5 nitrogen and oxygen atoms in total. The van der Waals surface area contributed by atoms with Crippen LogP contribution in [0.3, 0.4) is 0 Å². The van der Waals surface area contributed by atoms with Gasteiger partial charge in [-0.05, 0) is 30.5 Å². The van der Waals surface area contributed by atoms with Gasteiger partial charge in [0.1, 0.15) is 0 Å². The highest BCUT2D eigenvalue weighted by Gasteiger charge is 2.19. The van der Waals surface area contributed by atoms with E-state index in [1.807, 2.05) is 0 Å². The number of benzene rings is 1. The summed E-state index contributed by atoms with van der Waals surface area (Å²) in [6.07, 6.45) is 0.895. The molecule has 1 saturated heterocycles.